The summed E-state index contributed by atoms with van der Waals surface area (Å²) >= 11 is 0. The van der Waals surface area contributed by atoms with E-state index in [1.54, 1.807) is 0 Å². The summed E-state index contributed by atoms with van der Waals surface area (Å²) in [6, 6.07) is 0. The van der Waals surface area contributed by atoms with E-state index in [1.165, 1.54) is 6.92 Å². The molecule has 1 aliphatic rings. The van der Waals surface area contributed by atoms with Crippen LogP contribution in [0.25, 0.3) is 0 Å². The molecule has 3 N–H and O–H groups in total. The van der Waals surface area contributed by atoms with Crippen molar-refractivity contribution in [2.24, 2.45) is 0 Å². The molecular formula is C8H21N2NaO4S. The van der Waals surface area contributed by atoms with Crippen LogP contribution in [0.5, 0.6) is 0 Å². The van der Waals surface area contributed by atoms with Gasteiger partial charge in [0.05, 0.1) is 5.75 Å². The molecule has 0 spiro atoms. The van der Waals surface area contributed by atoms with E-state index >= 15 is 0 Å². The van der Waals surface area contributed by atoms with Crippen LogP contribution >= 0.6 is 0 Å². The van der Waals surface area contributed by atoms with Gasteiger partial charge in [-0.15, -0.1) is 0 Å². The second-order valence-corrected chi connectivity index (χ2v) is 5.03. The average Bonchev–Trinajstić information content (AvgIpc) is 2.19. The van der Waals surface area contributed by atoms with Gasteiger partial charge in [-0.25, -0.2) is 0 Å². The molecule has 0 amide bonds. The Morgan fingerprint density at radius 3 is 1.94 bits per heavy atom. The summed E-state index contributed by atoms with van der Waals surface area (Å²) in [7, 11) is -3.66. The molecule has 1 saturated heterocycles. The minimum absolute atomic E-state index is 0. The standard InChI is InChI=1S/C6H14N2O.C2H6O3S.Na.H/c1-6(9)8-4-2-7-3-5-8;1-2-6(3,4)5;;/h6-7,9H,2-5H2,1H3;2H2,1H3,(H,3,4,5);;. The van der Waals surface area contributed by atoms with Crippen molar-refractivity contribution in [3.8, 4) is 0 Å². The molecule has 1 rings (SSSR count). The number of hydrogen-bond donors (Lipinski definition) is 3. The van der Waals surface area contributed by atoms with Gasteiger partial charge in [0.25, 0.3) is 10.1 Å². The van der Waals surface area contributed by atoms with E-state index in [-0.39, 0.29) is 41.5 Å². The summed E-state index contributed by atoms with van der Waals surface area (Å²) in [6.07, 6.45) is -0.271. The third kappa shape index (κ3) is 11.3. The van der Waals surface area contributed by atoms with Gasteiger partial charge in [-0.3, -0.25) is 9.45 Å². The van der Waals surface area contributed by atoms with Crippen molar-refractivity contribution < 1.29 is 18.1 Å². The SMILES string of the molecule is CC(O)N1CCNCC1.CCS(=O)(=O)O.[NaH]. The zero-order valence-corrected chi connectivity index (χ0v) is 10.00. The Balaban J connectivity index is 0. The first-order valence-electron chi connectivity index (χ1n) is 4.94. The van der Waals surface area contributed by atoms with Crippen molar-refractivity contribution in [1.29, 1.82) is 0 Å². The second-order valence-electron chi connectivity index (χ2n) is 3.29. The summed E-state index contributed by atoms with van der Waals surface area (Å²) < 4.78 is 26.9. The molecule has 0 bridgehead atoms. The maximum atomic E-state index is 9.56. The Labute approximate surface area is 119 Å². The molecule has 1 aliphatic heterocycles. The van der Waals surface area contributed by atoms with Gasteiger partial charge in [0.15, 0.2) is 0 Å². The molecule has 16 heavy (non-hydrogen) atoms. The molecule has 1 fully saturated rings. The van der Waals surface area contributed by atoms with E-state index in [1.807, 2.05) is 6.92 Å². The molecule has 0 saturated carbocycles. The Hall–Kier alpha value is 0.790. The Kier molecular flexibility index (Phi) is 11.7. The number of nitrogens with zero attached hydrogens (tertiary/aromatic N) is 1. The normalized spacial score (nSPS) is 19.0. The van der Waals surface area contributed by atoms with Crippen molar-refractivity contribution in [3.05, 3.63) is 0 Å². The number of hydrogen-bond acceptors (Lipinski definition) is 5. The van der Waals surface area contributed by atoms with E-state index < -0.39 is 10.1 Å². The first kappa shape index (κ1) is 19.1. The fraction of sp³-hybridized carbons (Fsp3) is 1.00. The first-order chi connectivity index (χ1) is 6.87. The average molecular weight is 264 g/mol. The summed E-state index contributed by atoms with van der Waals surface area (Å²) in [5, 5.41) is 12.3. The molecule has 1 unspecified atom stereocenters. The van der Waals surface area contributed by atoms with E-state index in [9.17, 15) is 8.42 Å². The fourth-order valence-corrected chi connectivity index (χ4v) is 1.06. The number of rotatable bonds is 2. The van der Waals surface area contributed by atoms with Crippen LogP contribution < -0.4 is 5.32 Å². The summed E-state index contributed by atoms with van der Waals surface area (Å²) in [5.41, 5.74) is 0. The van der Waals surface area contributed by atoms with Crippen LogP contribution in [0.3, 0.4) is 0 Å². The van der Waals surface area contributed by atoms with Gasteiger partial charge in [-0.05, 0) is 13.8 Å². The van der Waals surface area contributed by atoms with Gasteiger partial charge in [-0.1, -0.05) is 0 Å². The predicted octanol–water partition coefficient (Wildman–Crippen LogP) is -1.52. The number of aliphatic hydroxyl groups excluding tert-OH is 1. The van der Waals surface area contributed by atoms with Gasteiger partial charge >= 0.3 is 29.6 Å². The summed E-state index contributed by atoms with van der Waals surface area (Å²) in [4.78, 5) is 2.05. The van der Waals surface area contributed by atoms with Crippen LogP contribution in [0.2, 0.25) is 0 Å². The van der Waals surface area contributed by atoms with E-state index in [4.69, 9.17) is 9.66 Å². The maximum absolute atomic E-state index is 9.56. The Morgan fingerprint density at radius 2 is 1.75 bits per heavy atom. The topological polar surface area (TPSA) is 89.9 Å². The van der Waals surface area contributed by atoms with Crippen LogP contribution in [-0.4, -0.2) is 90.7 Å². The van der Waals surface area contributed by atoms with E-state index in [2.05, 4.69) is 10.2 Å². The van der Waals surface area contributed by atoms with Crippen LogP contribution in [-0.2, 0) is 10.1 Å². The molecule has 0 aromatic rings. The molecule has 6 nitrogen and oxygen atoms in total. The third-order valence-electron chi connectivity index (χ3n) is 2.04. The third-order valence-corrected chi connectivity index (χ3v) is 2.77. The van der Waals surface area contributed by atoms with Gasteiger partial charge < -0.3 is 10.4 Å². The van der Waals surface area contributed by atoms with E-state index in [0.717, 1.165) is 26.2 Å². The number of nitrogens with one attached hydrogen (secondary N) is 1. The second kappa shape index (κ2) is 9.78. The molecule has 0 aromatic heterocycles. The van der Waals surface area contributed by atoms with Gasteiger partial charge in [-0.2, -0.15) is 8.42 Å². The Morgan fingerprint density at radius 1 is 1.38 bits per heavy atom. The van der Waals surface area contributed by atoms with Crippen molar-refractivity contribution in [1.82, 2.24) is 10.2 Å². The van der Waals surface area contributed by atoms with Gasteiger partial charge in [0.1, 0.15) is 6.23 Å². The zero-order chi connectivity index (χ0) is 11.9. The van der Waals surface area contributed by atoms with Crippen molar-refractivity contribution in [2.45, 2.75) is 20.1 Å². The summed E-state index contributed by atoms with van der Waals surface area (Å²) in [6.45, 7) is 7.13. The van der Waals surface area contributed by atoms with Crippen LogP contribution in [0.15, 0.2) is 0 Å². The molecule has 1 atom stereocenters. The molecular weight excluding hydrogens is 243 g/mol. The summed E-state index contributed by atoms with van der Waals surface area (Å²) in [5.74, 6) is -0.201. The van der Waals surface area contributed by atoms with Crippen molar-refractivity contribution in [2.75, 3.05) is 31.9 Å². The predicted molar refractivity (Wildman–Crippen MR) is 65.4 cm³/mol. The number of aliphatic hydroxyl groups is 1. The first-order valence-corrected chi connectivity index (χ1v) is 6.55. The van der Waals surface area contributed by atoms with Gasteiger partial charge in [0.2, 0.25) is 0 Å². The van der Waals surface area contributed by atoms with Crippen LogP contribution in [0, 0.1) is 0 Å². The molecule has 0 aromatic carbocycles. The molecule has 94 valence electrons. The molecule has 0 radical (unpaired) electrons. The number of piperazine rings is 1. The Bertz CT molecular complexity index is 253. The van der Waals surface area contributed by atoms with E-state index in [0.29, 0.717) is 0 Å². The van der Waals surface area contributed by atoms with Crippen LogP contribution in [0.4, 0.5) is 0 Å². The molecule has 1 heterocycles. The monoisotopic (exact) mass is 264 g/mol. The van der Waals surface area contributed by atoms with Crippen LogP contribution in [0.1, 0.15) is 13.8 Å². The van der Waals surface area contributed by atoms with Gasteiger partial charge in [0, 0.05) is 26.2 Å². The van der Waals surface area contributed by atoms with Crippen molar-refractivity contribution in [3.63, 3.8) is 0 Å². The minimum atomic E-state index is -3.66. The molecule has 8 heteroatoms. The fourth-order valence-electron chi connectivity index (χ4n) is 1.06. The quantitative estimate of drug-likeness (QED) is 0.414. The molecule has 0 aliphatic carbocycles. The van der Waals surface area contributed by atoms with Crippen molar-refractivity contribution >= 4 is 39.7 Å². The zero-order valence-electron chi connectivity index (χ0n) is 9.18.